The first-order valence-electron chi connectivity index (χ1n) is 3.61. The van der Waals surface area contributed by atoms with Crippen LogP contribution in [-0.2, 0) is 0 Å². The average molecular weight is 162 g/mol. The molecule has 0 heterocycles. The van der Waals surface area contributed by atoms with E-state index in [1.54, 1.807) is 24.3 Å². The second-order valence-electron chi connectivity index (χ2n) is 2.49. The molecule has 0 fully saturated rings. The van der Waals surface area contributed by atoms with Crippen molar-refractivity contribution in [3.05, 3.63) is 35.9 Å². The van der Waals surface area contributed by atoms with Crippen molar-refractivity contribution < 1.29 is 4.79 Å². The number of nitrogens with one attached hydrogen (secondary N) is 1. The zero-order valence-electron chi connectivity index (χ0n) is 6.58. The fourth-order valence-electron chi connectivity index (χ4n) is 0.899. The number of ketones is 1. The summed E-state index contributed by atoms with van der Waals surface area (Å²) in [7, 11) is 0. The first-order valence-corrected chi connectivity index (χ1v) is 3.61. The Hall–Kier alpha value is -1.64. The van der Waals surface area contributed by atoms with Gasteiger partial charge in [-0.25, -0.2) is 0 Å². The van der Waals surface area contributed by atoms with Gasteiger partial charge in [0.1, 0.15) is 0 Å². The van der Waals surface area contributed by atoms with Crippen LogP contribution in [0.1, 0.15) is 16.8 Å². The lowest BCUT2D eigenvalue weighted by atomic mass is 10.1. The zero-order chi connectivity index (χ0) is 8.97. The Bertz CT molecular complexity index is 293. The first kappa shape index (κ1) is 8.46. The van der Waals surface area contributed by atoms with Gasteiger partial charge in [0.15, 0.2) is 5.78 Å². The van der Waals surface area contributed by atoms with Gasteiger partial charge in [0.2, 0.25) is 0 Å². The van der Waals surface area contributed by atoms with Gasteiger partial charge in [0, 0.05) is 5.56 Å². The number of Topliss-reactive ketones (excluding diaryl/α,β-unsaturated/α-hetero) is 1. The second-order valence-corrected chi connectivity index (χ2v) is 2.49. The van der Waals surface area contributed by atoms with Gasteiger partial charge in [-0.3, -0.25) is 10.2 Å². The third-order valence-electron chi connectivity index (χ3n) is 1.45. The summed E-state index contributed by atoms with van der Waals surface area (Å²) >= 11 is 0. The summed E-state index contributed by atoms with van der Waals surface area (Å²) in [5.74, 6) is -0.202. The number of hydrogen-bond donors (Lipinski definition) is 2. The third-order valence-corrected chi connectivity index (χ3v) is 1.45. The minimum absolute atomic E-state index is 0.00398. The van der Waals surface area contributed by atoms with Gasteiger partial charge >= 0.3 is 0 Å². The van der Waals surface area contributed by atoms with Crippen LogP contribution >= 0.6 is 0 Å². The smallest absolute Gasteiger partial charge is 0.170 e. The van der Waals surface area contributed by atoms with Crippen molar-refractivity contribution >= 4 is 11.6 Å². The maximum absolute atomic E-state index is 11.2. The van der Waals surface area contributed by atoms with E-state index >= 15 is 0 Å². The standard InChI is InChI=1S/C9H10N2O/c10-9(11)6-8(12)7-4-2-1-3-5-7/h1-5H,6H2,(H3,10,11). The van der Waals surface area contributed by atoms with Gasteiger partial charge in [-0.1, -0.05) is 30.3 Å². The van der Waals surface area contributed by atoms with E-state index in [1.165, 1.54) is 0 Å². The lowest BCUT2D eigenvalue weighted by Crippen LogP contribution is -2.15. The fraction of sp³-hybridized carbons (Fsp3) is 0.111. The van der Waals surface area contributed by atoms with Gasteiger partial charge in [-0.15, -0.1) is 0 Å². The van der Waals surface area contributed by atoms with E-state index < -0.39 is 0 Å². The maximum Gasteiger partial charge on any atom is 0.170 e. The Balaban J connectivity index is 2.73. The Morgan fingerprint density at radius 2 is 1.92 bits per heavy atom. The summed E-state index contributed by atoms with van der Waals surface area (Å²) in [5.41, 5.74) is 5.70. The molecule has 0 radical (unpaired) electrons. The van der Waals surface area contributed by atoms with E-state index in [1.807, 2.05) is 6.07 Å². The molecule has 0 bridgehead atoms. The molecule has 0 aromatic heterocycles. The fourth-order valence-corrected chi connectivity index (χ4v) is 0.899. The van der Waals surface area contributed by atoms with Gasteiger partial charge in [-0.05, 0) is 0 Å². The lowest BCUT2D eigenvalue weighted by molar-refractivity contribution is 0.100. The molecule has 1 aromatic carbocycles. The highest BCUT2D eigenvalue weighted by Gasteiger charge is 2.04. The minimum Gasteiger partial charge on any atom is -0.387 e. The number of nitrogens with two attached hydrogens (primary N) is 1. The number of carbonyl (C=O) groups is 1. The molecular formula is C9H10N2O. The van der Waals surface area contributed by atoms with Gasteiger partial charge in [0.05, 0.1) is 12.3 Å². The van der Waals surface area contributed by atoms with Crippen LogP contribution in [0.4, 0.5) is 0 Å². The molecule has 0 spiro atoms. The van der Waals surface area contributed by atoms with Crippen molar-refractivity contribution in [2.45, 2.75) is 6.42 Å². The van der Waals surface area contributed by atoms with Crippen LogP contribution in [-0.4, -0.2) is 11.6 Å². The van der Waals surface area contributed by atoms with E-state index in [4.69, 9.17) is 11.1 Å². The summed E-state index contributed by atoms with van der Waals surface area (Å²) in [6, 6.07) is 8.84. The van der Waals surface area contributed by atoms with Crippen molar-refractivity contribution in [1.29, 1.82) is 5.41 Å². The number of benzene rings is 1. The van der Waals surface area contributed by atoms with Crippen LogP contribution in [0.5, 0.6) is 0 Å². The molecule has 3 heteroatoms. The van der Waals surface area contributed by atoms with E-state index in [2.05, 4.69) is 0 Å². The van der Waals surface area contributed by atoms with E-state index in [0.29, 0.717) is 5.56 Å². The van der Waals surface area contributed by atoms with Crippen LogP contribution in [0.25, 0.3) is 0 Å². The summed E-state index contributed by atoms with van der Waals surface area (Å²) in [5, 5.41) is 6.93. The highest BCUT2D eigenvalue weighted by molar-refractivity contribution is 6.07. The van der Waals surface area contributed by atoms with Crippen molar-refractivity contribution in [1.82, 2.24) is 0 Å². The molecule has 0 saturated heterocycles. The summed E-state index contributed by atoms with van der Waals surface area (Å²) in [6.45, 7) is 0. The number of amidine groups is 1. The molecule has 0 amide bonds. The van der Waals surface area contributed by atoms with Crippen LogP contribution in [0.3, 0.4) is 0 Å². The molecule has 0 aliphatic carbocycles. The van der Waals surface area contributed by atoms with Crippen LogP contribution in [0.15, 0.2) is 30.3 Å². The highest BCUT2D eigenvalue weighted by atomic mass is 16.1. The zero-order valence-corrected chi connectivity index (χ0v) is 6.58. The highest BCUT2D eigenvalue weighted by Crippen LogP contribution is 2.01. The van der Waals surface area contributed by atoms with Gasteiger partial charge in [0.25, 0.3) is 0 Å². The van der Waals surface area contributed by atoms with E-state index in [-0.39, 0.29) is 18.0 Å². The summed E-state index contributed by atoms with van der Waals surface area (Å²) < 4.78 is 0. The van der Waals surface area contributed by atoms with Crippen LogP contribution in [0.2, 0.25) is 0 Å². The quantitative estimate of drug-likeness (QED) is 0.398. The Labute approximate surface area is 70.7 Å². The van der Waals surface area contributed by atoms with Crippen molar-refractivity contribution in [3.8, 4) is 0 Å². The number of rotatable bonds is 3. The van der Waals surface area contributed by atoms with Crippen LogP contribution in [0, 0.1) is 5.41 Å². The predicted octanol–water partition coefficient (Wildman–Crippen LogP) is 1.20. The van der Waals surface area contributed by atoms with Crippen molar-refractivity contribution in [3.63, 3.8) is 0 Å². The van der Waals surface area contributed by atoms with E-state index in [0.717, 1.165) is 0 Å². The topological polar surface area (TPSA) is 66.9 Å². The molecule has 0 unspecified atom stereocenters. The van der Waals surface area contributed by atoms with E-state index in [9.17, 15) is 4.79 Å². The first-order chi connectivity index (χ1) is 5.70. The average Bonchev–Trinajstić information content (AvgIpc) is 2.05. The Morgan fingerprint density at radius 3 is 2.42 bits per heavy atom. The predicted molar refractivity (Wildman–Crippen MR) is 47.3 cm³/mol. The molecule has 12 heavy (non-hydrogen) atoms. The van der Waals surface area contributed by atoms with Gasteiger partial charge < -0.3 is 5.73 Å². The minimum atomic E-state index is -0.108. The Morgan fingerprint density at radius 1 is 1.33 bits per heavy atom. The maximum atomic E-state index is 11.2. The van der Waals surface area contributed by atoms with Crippen molar-refractivity contribution in [2.75, 3.05) is 0 Å². The molecular weight excluding hydrogens is 152 g/mol. The molecule has 0 aliphatic rings. The normalized spacial score (nSPS) is 9.33. The monoisotopic (exact) mass is 162 g/mol. The second kappa shape index (κ2) is 3.67. The van der Waals surface area contributed by atoms with Crippen molar-refractivity contribution in [2.24, 2.45) is 5.73 Å². The molecule has 3 nitrogen and oxygen atoms in total. The largest absolute Gasteiger partial charge is 0.387 e. The molecule has 0 atom stereocenters. The summed E-state index contributed by atoms with van der Waals surface area (Å²) in [6.07, 6.45) is 0.00398. The molecule has 1 aromatic rings. The Kier molecular flexibility index (Phi) is 2.58. The molecule has 1 rings (SSSR count). The molecule has 0 saturated carbocycles. The van der Waals surface area contributed by atoms with Gasteiger partial charge in [-0.2, -0.15) is 0 Å². The number of hydrogen-bond acceptors (Lipinski definition) is 2. The molecule has 3 N–H and O–H groups in total. The lowest BCUT2D eigenvalue weighted by Gasteiger charge is -1.97. The van der Waals surface area contributed by atoms with Crippen LogP contribution < -0.4 is 5.73 Å². The molecule has 0 aliphatic heterocycles. The number of carbonyl (C=O) groups excluding carboxylic acids is 1. The summed E-state index contributed by atoms with van der Waals surface area (Å²) in [4.78, 5) is 11.2. The molecule has 62 valence electrons. The third kappa shape index (κ3) is 2.20. The SMILES string of the molecule is N=C(N)CC(=O)c1ccccc1.